The summed E-state index contributed by atoms with van der Waals surface area (Å²) in [5, 5.41) is 6.95. The Morgan fingerprint density at radius 2 is 2.19 bits per heavy atom. The molecule has 16 heavy (non-hydrogen) atoms. The molecule has 1 unspecified atom stereocenters. The van der Waals surface area contributed by atoms with Crippen molar-refractivity contribution in [2.75, 3.05) is 13.1 Å². The molecule has 0 amide bonds. The van der Waals surface area contributed by atoms with Gasteiger partial charge in [-0.25, -0.2) is 4.98 Å². The molecule has 0 radical (unpaired) electrons. The number of thiazole rings is 1. The summed E-state index contributed by atoms with van der Waals surface area (Å²) in [6.45, 7) is 11.1. The Hall–Kier alpha value is -0.410. The molecule has 1 atom stereocenters. The van der Waals surface area contributed by atoms with Crippen molar-refractivity contribution >= 4 is 11.3 Å². The fraction of sp³-hybridized carbons (Fsp3) is 0.769. The molecule has 0 saturated heterocycles. The number of nitrogens with zero attached hydrogens (tertiary/aromatic N) is 1. The van der Waals surface area contributed by atoms with Crippen molar-refractivity contribution in [1.29, 1.82) is 0 Å². The van der Waals surface area contributed by atoms with Crippen molar-refractivity contribution in [3.05, 3.63) is 16.1 Å². The second-order valence-corrected chi connectivity index (χ2v) is 5.74. The van der Waals surface area contributed by atoms with E-state index in [9.17, 15) is 0 Å². The number of hydrogen-bond donors (Lipinski definition) is 1. The van der Waals surface area contributed by atoms with Crippen molar-refractivity contribution in [2.24, 2.45) is 11.8 Å². The first-order valence-corrected chi connectivity index (χ1v) is 7.13. The number of hydrogen-bond acceptors (Lipinski definition) is 3. The van der Waals surface area contributed by atoms with E-state index in [1.54, 1.807) is 11.3 Å². The first-order chi connectivity index (χ1) is 7.63. The zero-order chi connectivity index (χ0) is 12.0. The van der Waals surface area contributed by atoms with E-state index in [0.29, 0.717) is 11.8 Å². The summed E-state index contributed by atoms with van der Waals surface area (Å²) in [5.41, 5.74) is 1.16. The van der Waals surface area contributed by atoms with Crippen LogP contribution in [0.4, 0.5) is 0 Å². The topological polar surface area (TPSA) is 24.9 Å². The minimum absolute atomic E-state index is 0.706. The molecule has 1 aromatic heterocycles. The Morgan fingerprint density at radius 3 is 2.69 bits per heavy atom. The molecule has 0 aliphatic carbocycles. The van der Waals surface area contributed by atoms with Crippen LogP contribution in [0.3, 0.4) is 0 Å². The molecule has 0 aliphatic heterocycles. The van der Waals surface area contributed by atoms with E-state index in [4.69, 9.17) is 0 Å². The summed E-state index contributed by atoms with van der Waals surface area (Å²) in [7, 11) is 0. The molecule has 3 heteroatoms. The SMILES string of the molecule is CCCNCC(Cc1nc(C)cs1)C(C)C. The van der Waals surface area contributed by atoms with Crippen molar-refractivity contribution in [3.8, 4) is 0 Å². The minimum Gasteiger partial charge on any atom is -0.316 e. The van der Waals surface area contributed by atoms with E-state index in [0.717, 1.165) is 25.2 Å². The molecule has 0 saturated carbocycles. The van der Waals surface area contributed by atoms with E-state index in [1.807, 2.05) is 0 Å². The van der Waals surface area contributed by atoms with Crippen LogP contribution in [-0.2, 0) is 6.42 Å². The van der Waals surface area contributed by atoms with Gasteiger partial charge in [0, 0.05) is 17.5 Å². The summed E-state index contributed by atoms with van der Waals surface area (Å²) in [6, 6.07) is 0. The number of rotatable bonds is 7. The maximum absolute atomic E-state index is 4.55. The van der Waals surface area contributed by atoms with Crippen LogP contribution in [0.1, 0.15) is 37.9 Å². The second-order valence-electron chi connectivity index (χ2n) is 4.79. The number of nitrogens with one attached hydrogen (secondary N) is 1. The van der Waals surface area contributed by atoms with E-state index in [-0.39, 0.29) is 0 Å². The molecule has 0 spiro atoms. The molecule has 0 bridgehead atoms. The van der Waals surface area contributed by atoms with Crippen LogP contribution >= 0.6 is 11.3 Å². The molecule has 92 valence electrons. The van der Waals surface area contributed by atoms with Gasteiger partial charge in [0.15, 0.2) is 0 Å². The van der Waals surface area contributed by atoms with Crippen molar-refractivity contribution in [2.45, 2.75) is 40.5 Å². The summed E-state index contributed by atoms with van der Waals surface area (Å²) in [4.78, 5) is 4.55. The Bertz CT molecular complexity index is 294. The van der Waals surface area contributed by atoms with E-state index in [1.165, 1.54) is 11.4 Å². The maximum Gasteiger partial charge on any atom is 0.0931 e. The Kier molecular flexibility index (Phi) is 5.99. The van der Waals surface area contributed by atoms with Gasteiger partial charge in [-0.2, -0.15) is 0 Å². The molecule has 0 aromatic carbocycles. The van der Waals surface area contributed by atoms with Gasteiger partial charge in [-0.1, -0.05) is 20.8 Å². The zero-order valence-corrected chi connectivity index (χ0v) is 11.7. The molecule has 1 rings (SSSR count). The molecule has 1 aromatic rings. The molecular weight excluding hydrogens is 216 g/mol. The molecule has 0 fully saturated rings. The van der Waals surface area contributed by atoms with Gasteiger partial charge in [-0.05, 0) is 38.3 Å². The van der Waals surface area contributed by atoms with Gasteiger partial charge in [0.25, 0.3) is 0 Å². The molecule has 0 aliphatic rings. The van der Waals surface area contributed by atoms with E-state index >= 15 is 0 Å². The molecule has 1 heterocycles. The molecule has 2 nitrogen and oxygen atoms in total. The average Bonchev–Trinajstić information content (AvgIpc) is 2.63. The molecule has 1 N–H and O–H groups in total. The summed E-state index contributed by atoms with van der Waals surface area (Å²) < 4.78 is 0. The van der Waals surface area contributed by atoms with Gasteiger partial charge in [0.2, 0.25) is 0 Å². The predicted molar refractivity (Wildman–Crippen MR) is 72.0 cm³/mol. The van der Waals surface area contributed by atoms with Crippen LogP contribution in [-0.4, -0.2) is 18.1 Å². The van der Waals surface area contributed by atoms with Gasteiger partial charge in [-0.3, -0.25) is 0 Å². The quantitative estimate of drug-likeness (QED) is 0.740. The highest BCUT2D eigenvalue weighted by atomic mass is 32.1. The first kappa shape index (κ1) is 13.7. The highest BCUT2D eigenvalue weighted by Crippen LogP contribution is 2.19. The standard InChI is InChI=1S/C13H24N2S/c1-5-6-14-8-12(10(2)3)7-13-15-11(4)9-16-13/h9-10,12,14H,5-8H2,1-4H3. The lowest BCUT2D eigenvalue weighted by Crippen LogP contribution is -2.28. The third-order valence-corrected chi connectivity index (χ3v) is 3.87. The monoisotopic (exact) mass is 240 g/mol. The van der Waals surface area contributed by atoms with Gasteiger partial charge in [0.1, 0.15) is 0 Å². The van der Waals surface area contributed by atoms with Crippen LogP contribution in [0.25, 0.3) is 0 Å². The lowest BCUT2D eigenvalue weighted by Gasteiger charge is -2.20. The Labute approximate surface area is 103 Å². The summed E-state index contributed by atoms with van der Waals surface area (Å²) in [5.74, 6) is 1.42. The first-order valence-electron chi connectivity index (χ1n) is 6.25. The second kappa shape index (κ2) is 7.02. The highest BCUT2D eigenvalue weighted by Gasteiger charge is 2.15. The highest BCUT2D eigenvalue weighted by molar-refractivity contribution is 7.09. The van der Waals surface area contributed by atoms with Gasteiger partial charge >= 0.3 is 0 Å². The zero-order valence-electron chi connectivity index (χ0n) is 10.9. The summed E-state index contributed by atoms with van der Waals surface area (Å²) >= 11 is 1.80. The minimum atomic E-state index is 0.706. The fourth-order valence-corrected chi connectivity index (χ4v) is 2.59. The van der Waals surface area contributed by atoms with Crippen LogP contribution < -0.4 is 5.32 Å². The van der Waals surface area contributed by atoms with Gasteiger partial charge in [-0.15, -0.1) is 11.3 Å². The lowest BCUT2D eigenvalue weighted by molar-refractivity contribution is 0.360. The van der Waals surface area contributed by atoms with Crippen LogP contribution in [0.2, 0.25) is 0 Å². The maximum atomic E-state index is 4.55. The lowest BCUT2D eigenvalue weighted by atomic mass is 9.92. The van der Waals surface area contributed by atoms with Crippen LogP contribution in [0, 0.1) is 18.8 Å². The van der Waals surface area contributed by atoms with Gasteiger partial charge < -0.3 is 5.32 Å². The number of aryl methyl sites for hydroxylation is 1. The fourth-order valence-electron chi connectivity index (χ4n) is 1.73. The average molecular weight is 240 g/mol. The third-order valence-electron chi connectivity index (χ3n) is 2.88. The van der Waals surface area contributed by atoms with Crippen LogP contribution in [0.15, 0.2) is 5.38 Å². The van der Waals surface area contributed by atoms with Crippen molar-refractivity contribution in [3.63, 3.8) is 0 Å². The summed E-state index contributed by atoms with van der Waals surface area (Å²) in [6.07, 6.45) is 2.33. The smallest absolute Gasteiger partial charge is 0.0931 e. The normalized spacial score (nSPS) is 13.3. The van der Waals surface area contributed by atoms with Crippen LogP contribution in [0.5, 0.6) is 0 Å². The predicted octanol–water partition coefficient (Wildman–Crippen LogP) is 3.27. The Balaban J connectivity index is 2.44. The van der Waals surface area contributed by atoms with E-state index in [2.05, 4.69) is 43.4 Å². The Morgan fingerprint density at radius 1 is 1.44 bits per heavy atom. The van der Waals surface area contributed by atoms with Gasteiger partial charge in [0.05, 0.1) is 5.01 Å². The number of aromatic nitrogens is 1. The molecular formula is C13H24N2S. The third kappa shape index (κ3) is 4.62. The van der Waals surface area contributed by atoms with Crippen molar-refractivity contribution in [1.82, 2.24) is 10.3 Å². The van der Waals surface area contributed by atoms with E-state index < -0.39 is 0 Å². The van der Waals surface area contributed by atoms with Crippen molar-refractivity contribution < 1.29 is 0 Å². The largest absolute Gasteiger partial charge is 0.316 e.